The molecule has 0 aliphatic rings. The Morgan fingerprint density at radius 2 is 1.62 bits per heavy atom. The zero-order valence-electron chi connectivity index (χ0n) is 14.5. The highest BCUT2D eigenvalue weighted by molar-refractivity contribution is 7.92. The van der Waals surface area contributed by atoms with Crippen LogP contribution >= 0.6 is 0 Å². The molecule has 0 aliphatic carbocycles. The largest absolute Gasteiger partial charge is 0.283 e. The van der Waals surface area contributed by atoms with Crippen LogP contribution in [-0.4, -0.2) is 29.6 Å². The molecule has 0 aromatic heterocycles. The Kier molecular flexibility index (Phi) is 6.42. The lowest BCUT2D eigenvalue weighted by molar-refractivity contribution is 0.582. The molecule has 138 valence electrons. The minimum absolute atomic E-state index is 0.158. The van der Waals surface area contributed by atoms with E-state index in [9.17, 15) is 16.8 Å². The predicted octanol–water partition coefficient (Wildman–Crippen LogP) is 2.09. The third-order valence-electron chi connectivity index (χ3n) is 3.32. The van der Waals surface area contributed by atoms with E-state index in [0.717, 1.165) is 11.8 Å². The van der Waals surface area contributed by atoms with Gasteiger partial charge in [-0.1, -0.05) is 41.7 Å². The van der Waals surface area contributed by atoms with Gasteiger partial charge in [0.2, 0.25) is 20.0 Å². The average Bonchev–Trinajstić information content (AvgIpc) is 2.55. The number of hydrogen-bond donors (Lipinski definition) is 2. The van der Waals surface area contributed by atoms with Crippen molar-refractivity contribution >= 4 is 25.7 Å². The van der Waals surface area contributed by atoms with Crippen LogP contribution in [0.3, 0.4) is 0 Å². The summed E-state index contributed by atoms with van der Waals surface area (Å²) in [7, 11) is -6.96. The summed E-state index contributed by atoms with van der Waals surface area (Å²) in [6.07, 6.45) is 1.36. The molecular formula is C18H20N2O4S2. The van der Waals surface area contributed by atoms with Crippen molar-refractivity contribution in [3.8, 4) is 11.8 Å². The summed E-state index contributed by atoms with van der Waals surface area (Å²) in [6, 6.07) is 13.3. The maximum absolute atomic E-state index is 12.2. The number of nitrogens with one attached hydrogen (secondary N) is 2. The van der Waals surface area contributed by atoms with Crippen LogP contribution in [0.5, 0.6) is 0 Å². The van der Waals surface area contributed by atoms with E-state index in [1.165, 1.54) is 0 Å². The molecule has 2 N–H and O–H groups in total. The molecule has 0 radical (unpaired) electrons. The molecule has 0 spiro atoms. The second-order valence-corrected chi connectivity index (χ2v) is 9.20. The predicted molar refractivity (Wildman–Crippen MR) is 103 cm³/mol. The maximum atomic E-state index is 12.2. The summed E-state index contributed by atoms with van der Waals surface area (Å²) < 4.78 is 51.9. The topological polar surface area (TPSA) is 92.3 Å². The number of sulfonamides is 2. The van der Waals surface area contributed by atoms with Crippen molar-refractivity contribution in [1.82, 2.24) is 4.72 Å². The van der Waals surface area contributed by atoms with Gasteiger partial charge in [-0.05, 0) is 31.2 Å². The Morgan fingerprint density at radius 3 is 2.27 bits per heavy atom. The van der Waals surface area contributed by atoms with E-state index in [4.69, 9.17) is 0 Å². The fourth-order valence-corrected chi connectivity index (χ4v) is 3.70. The van der Waals surface area contributed by atoms with Gasteiger partial charge in [-0.2, -0.15) is 0 Å². The molecule has 2 rings (SSSR count). The van der Waals surface area contributed by atoms with E-state index in [2.05, 4.69) is 21.3 Å². The zero-order chi connectivity index (χ0) is 19.2. The molecule has 26 heavy (non-hydrogen) atoms. The SMILES string of the molecule is Cc1ccc(S(=O)(=O)NCCC#Cc2ccccc2NS(C)(=O)=O)cc1. The van der Waals surface area contributed by atoms with Crippen LogP contribution in [0.25, 0.3) is 0 Å². The number of para-hydroxylation sites is 1. The van der Waals surface area contributed by atoms with Crippen LogP contribution < -0.4 is 9.44 Å². The van der Waals surface area contributed by atoms with Crippen molar-refractivity contribution in [2.45, 2.75) is 18.2 Å². The highest BCUT2D eigenvalue weighted by Gasteiger charge is 2.12. The molecule has 8 heteroatoms. The van der Waals surface area contributed by atoms with Crippen LogP contribution in [0.15, 0.2) is 53.4 Å². The number of benzene rings is 2. The standard InChI is InChI=1S/C18H20N2O4S2/c1-15-10-12-17(13-11-15)26(23,24)19-14-6-5-8-16-7-3-4-9-18(16)20-25(2,21)22/h3-4,7,9-13,19-20H,6,14H2,1-2H3. The molecule has 0 saturated carbocycles. The fourth-order valence-electron chi connectivity index (χ4n) is 2.09. The molecule has 0 heterocycles. The third kappa shape index (κ3) is 6.19. The Balaban J connectivity index is 1.98. The third-order valence-corrected chi connectivity index (χ3v) is 5.39. The Labute approximate surface area is 154 Å². The van der Waals surface area contributed by atoms with Gasteiger partial charge in [0, 0.05) is 18.5 Å². The van der Waals surface area contributed by atoms with Crippen LogP contribution in [0.1, 0.15) is 17.5 Å². The molecule has 0 bridgehead atoms. The van der Waals surface area contributed by atoms with Gasteiger partial charge >= 0.3 is 0 Å². The summed E-state index contributed by atoms with van der Waals surface area (Å²) >= 11 is 0. The Hall–Kier alpha value is -2.34. The molecule has 6 nitrogen and oxygen atoms in total. The Morgan fingerprint density at radius 1 is 0.962 bits per heavy atom. The minimum atomic E-state index is -3.56. The molecule has 0 unspecified atom stereocenters. The lowest BCUT2D eigenvalue weighted by atomic mass is 10.2. The first-order valence-electron chi connectivity index (χ1n) is 7.79. The number of aryl methyl sites for hydroxylation is 1. The first kappa shape index (κ1) is 20.0. The first-order valence-corrected chi connectivity index (χ1v) is 11.2. The summed E-state index contributed by atoms with van der Waals surface area (Å²) in [5.74, 6) is 5.71. The number of rotatable bonds is 6. The average molecular weight is 393 g/mol. The van der Waals surface area contributed by atoms with E-state index < -0.39 is 20.0 Å². The van der Waals surface area contributed by atoms with Gasteiger partial charge in [0.1, 0.15) is 0 Å². The lowest BCUT2D eigenvalue weighted by Crippen LogP contribution is -2.24. The minimum Gasteiger partial charge on any atom is -0.283 e. The van der Waals surface area contributed by atoms with Crippen LogP contribution in [0, 0.1) is 18.8 Å². The van der Waals surface area contributed by atoms with Crippen molar-refractivity contribution in [2.24, 2.45) is 0 Å². The summed E-state index contributed by atoms with van der Waals surface area (Å²) in [5, 5.41) is 0. The van der Waals surface area contributed by atoms with Crippen molar-refractivity contribution < 1.29 is 16.8 Å². The lowest BCUT2D eigenvalue weighted by Gasteiger charge is -2.06. The summed E-state index contributed by atoms with van der Waals surface area (Å²) in [4.78, 5) is 0.207. The van der Waals surface area contributed by atoms with E-state index in [0.29, 0.717) is 11.3 Å². The number of hydrogen-bond acceptors (Lipinski definition) is 4. The van der Waals surface area contributed by atoms with Gasteiger partial charge in [-0.15, -0.1) is 0 Å². The smallest absolute Gasteiger partial charge is 0.240 e. The molecular weight excluding hydrogens is 372 g/mol. The van der Waals surface area contributed by atoms with Crippen molar-refractivity contribution in [2.75, 3.05) is 17.5 Å². The monoisotopic (exact) mass is 392 g/mol. The van der Waals surface area contributed by atoms with E-state index >= 15 is 0 Å². The normalized spacial score (nSPS) is 11.5. The van der Waals surface area contributed by atoms with Gasteiger partial charge in [-0.25, -0.2) is 21.6 Å². The molecule has 0 fully saturated rings. The highest BCUT2D eigenvalue weighted by Crippen LogP contribution is 2.15. The fraction of sp³-hybridized carbons (Fsp3) is 0.222. The second kappa shape index (κ2) is 8.36. The van der Waals surface area contributed by atoms with Gasteiger partial charge in [-0.3, -0.25) is 4.72 Å². The van der Waals surface area contributed by atoms with E-state index in [1.54, 1.807) is 48.5 Å². The molecule has 2 aromatic rings. The molecule has 0 atom stereocenters. The van der Waals surface area contributed by atoms with E-state index in [-0.39, 0.29) is 17.9 Å². The maximum Gasteiger partial charge on any atom is 0.240 e. The first-order chi connectivity index (χ1) is 12.2. The van der Waals surface area contributed by atoms with Crippen molar-refractivity contribution in [1.29, 1.82) is 0 Å². The van der Waals surface area contributed by atoms with Gasteiger partial charge in [0.25, 0.3) is 0 Å². The van der Waals surface area contributed by atoms with Crippen molar-refractivity contribution in [3.63, 3.8) is 0 Å². The summed E-state index contributed by atoms with van der Waals surface area (Å²) in [6.45, 7) is 2.04. The zero-order valence-corrected chi connectivity index (χ0v) is 16.1. The van der Waals surface area contributed by atoms with Gasteiger partial charge in [0.15, 0.2) is 0 Å². The number of anilines is 1. The Bertz CT molecular complexity index is 1030. The molecule has 0 aliphatic heterocycles. The van der Waals surface area contributed by atoms with Gasteiger partial charge in [0.05, 0.1) is 16.8 Å². The molecule has 2 aromatic carbocycles. The van der Waals surface area contributed by atoms with E-state index in [1.807, 2.05) is 6.92 Å². The van der Waals surface area contributed by atoms with Gasteiger partial charge < -0.3 is 0 Å². The summed E-state index contributed by atoms with van der Waals surface area (Å²) in [5.41, 5.74) is 1.90. The molecule has 0 amide bonds. The van der Waals surface area contributed by atoms with Crippen LogP contribution in [0.4, 0.5) is 5.69 Å². The van der Waals surface area contributed by atoms with Crippen LogP contribution in [-0.2, 0) is 20.0 Å². The molecule has 0 saturated heterocycles. The second-order valence-electron chi connectivity index (χ2n) is 5.68. The van der Waals surface area contributed by atoms with Crippen molar-refractivity contribution in [3.05, 3.63) is 59.7 Å². The highest BCUT2D eigenvalue weighted by atomic mass is 32.2. The quantitative estimate of drug-likeness (QED) is 0.582. The van der Waals surface area contributed by atoms with Crippen LogP contribution in [0.2, 0.25) is 0 Å².